The summed E-state index contributed by atoms with van der Waals surface area (Å²) in [4.78, 5) is 14.5. The number of benzene rings is 1. The lowest BCUT2D eigenvalue weighted by Gasteiger charge is -2.32. The van der Waals surface area contributed by atoms with Crippen LogP contribution in [0.2, 0.25) is 0 Å². The highest BCUT2D eigenvalue weighted by Crippen LogP contribution is 2.37. The summed E-state index contributed by atoms with van der Waals surface area (Å²) in [5.74, 6) is 0.988. The van der Waals surface area contributed by atoms with Crippen molar-refractivity contribution < 1.29 is 19.4 Å². The number of hydrogen-bond donors (Lipinski definition) is 2. The first kappa shape index (κ1) is 21.9. The molecule has 0 bridgehead atoms. The van der Waals surface area contributed by atoms with E-state index in [1.54, 1.807) is 10.9 Å². The van der Waals surface area contributed by atoms with Crippen molar-refractivity contribution in [3.63, 3.8) is 0 Å². The van der Waals surface area contributed by atoms with Gasteiger partial charge in [-0.1, -0.05) is 19.1 Å². The third kappa shape index (κ3) is 5.21. The normalized spacial score (nSPS) is 17.2. The lowest BCUT2D eigenvalue weighted by atomic mass is 10.0. The van der Waals surface area contributed by atoms with Crippen LogP contribution in [0.1, 0.15) is 48.8 Å². The van der Waals surface area contributed by atoms with Crippen LogP contribution in [-0.4, -0.2) is 64.8 Å². The van der Waals surface area contributed by atoms with Crippen molar-refractivity contribution in [3.05, 3.63) is 29.6 Å². The molecule has 30 heavy (non-hydrogen) atoms. The second kappa shape index (κ2) is 9.80. The molecule has 1 aromatic carbocycles. The van der Waals surface area contributed by atoms with Crippen molar-refractivity contribution in [2.45, 2.75) is 39.3 Å². The fraction of sp³-hybridized carbons (Fsp3) is 0.571. The summed E-state index contributed by atoms with van der Waals surface area (Å²) in [5.41, 5.74) is 1.34. The Bertz CT molecular complexity index is 842. The van der Waals surface area contributed by atoms with Crippen LogP contribution in [0.15, 0.2) is 18.3 Å². The van der Waals surface area contributed by atoms with E-state index in [2.05, 4.69) is 20.5 Å². The van der Waals surface area contributed by atoms with E-state index in [0.717, 1.165) is 31.5 Å². The number of carbonyl (C=O) groups is 1. The Labute approximate surface area is 177 Å². The molecular weight excluding hydrogens is 386 g/mol. The number of hydrogen-bond acceptors (Lipinski definition) is 7. The van der Waals surface area contributed by atoms with Gasteiger partial charge in [0.25, 0.3) is 5.91 Å². The van der Waals surface area contributed by atoms with Crippen LogP contribution in [0.25, 0.3) is 0 Å². The summed E-state index contributed by atoms with van der Waals surface area (Å²) < 4.78 is 12.3. The molecule has 2 heterocycles. The van der Waals surface area contributed by atoms with Crippen LogP contribution in [0, 0.1) is 5.92 Å². The number of ether oxygens (including phenoxy) is 2. The number of likely N-dealkylation sites (tertiary alicyclic amines) is 1. The molecule has 164 valence electrons. The first-order chi connectivity index (χ1) is 14.4. The molecule has 9 nitrogen and oxygen atoms in total. The molecule has 1 atom stereocenters. The summed E-state index contributed by atoms with van der Waals surface area (Å²) in [6.07, 6.45) is 3.73. The molecule has 1 aliphatic heterocycles. The van der Waals surface area contributed by atoms with Gasteiger partial charge in [-0.25, -0.2) is 4.68 Å². The number of aromatic hydroxyl groups is 1. The Morgan fingerprint density at radius 1 is 1.30 bits per heavy atom. The Balaban J connectivity index is 1.66. The Hall–Kier alpha value is -2.81. The summed E-state index contributed by atoms with van der Waals surface area (Å²) in [5, 5.41) is 21.2. The lowest BCUT2D eigenvalue weighted by molar-refractivity contribution is 0.0944. The molecule has 0 unspecified atom stereocenters. The van der Waals surface area contributed by atoms with Crippen molar-refractivity contribution in [1.82, 2.24) is 25.2 Å². The predicted octanol–water partition coefficient (Wildman–Crippen LogP) is 2.22. The first-order valence-corrected chi connectivity index (χ1v) is 10.3. The van der Waals surface area contributed by atoms with Crippen molar-refractivity contribution in [3.8, 4) is 17.2 Å². The largest absolute Gasteiger partial charge is 0.502 e. The van der Waals surface area contributed by atoms with Crippen LogP contribution in [0.5, 0.6) is 17.2 Å². The highest BCUT2D eigenvalue weighted by atomic mass is 16.5. The minimum absolute atomic E-state index is 0.00570. The molecular formula is C21H31N5O4. The molecule has 1 aromatic heterocycles. The van der Waals surface area contributed by atoms with Gasteiger partial charge < -0.3 is 19.9 Å². The van der Waals surface area contributed by atoms with Crippen LogP contribution in [0.4, 0.5) is 0 Å². The topological polar surface area (TPSA) is 102 Å². The third-order valence-corrected chi connectivity index (χ3v) is 5.21. The number of aromatic nitrogens is 3. The maximum atomic E-state index is 12.2. The van der Waals surface area contributed by atoms with Crippen LogP contribution in [-0.2, 0) is 6.54 Å². The molecule has 1 fully saturated rings. The van der Waals surface area contributed by atoms with E-state index in [0.29, 0.717) is 36.2 Å². The fourth-order valence-corrected chi connectivity index (χ4v) is 3.63. The van der Waals surface area contributed by atoms with E-state index in [4.69, 9.17) is 9.47 Å². The molecule has 9 heteroatoms. The zero-order chi connectivity index (χ0) is 21.7. The van der Waals surface area contributed by atoms with Gasteiger partial charge in [-0.15, -0.1) is 5.10 Å². The van der Waals surface area contributed by atoms with Gasteiger partial charge in [0.1, 0.15) is 0 Å². The highest BCUT2D eigenvalue weighted by Gasteiger charge is 2.24. The van der Waals surface area contributed by atoms with Crippen LogP contribution in [0.3, 0.4) is 0 Å². The third-order valence-electron chi connectivity index (χ3n) is 5.21. The molecule has 0 spiro atoms. The Kier molecular flexibility index (Phi) is 7.15. The Morgan fingerprint density at radius 3 is 2.63 bits per heavy atom. The first-order valence-electron chi connectivity index (χ1n) is 10.3. The number of phenols is 1. The number of carbonyl (C=O) groups excluding carboxylic acids is 1. The van der Waals surface area contributed by atoms with E-state index in [1.807, 2.05) is 26.0 Å². The van der Waals surface area contributed by atoms with Crippen molar-refractivity contribution in [1.29, 1.82) is 0 Å². The molecule has 3 rings (SSSR count). The molecule has 2 N–H and O–H groups in total. The van der Waals surface area contributed by atoms with Crippen LogP contribution >= 0.6 is 0 Å². The zero-order valence-corrected chi connectivity index (χ0v) is 18.1. The zero-order valence-electron chi connectivity index (χ0n) is 18.1. The van der Waals surface area contributed by atoms with E-state index >= 15 is 0 Å². The Morgan fingerprint density at radius 2 is 2.00 bits per heavy atom. The minimum Gasteiger partial charge on any atom is -0.502 e. The average molecular weight is 418 g/mol. The maximum Gasteiger partial charge on any atom is 0.273 e. The number of nitrogens with one attached hydrogen (secondary N) is 1. The molecule has 0 aliphatic carbocycles. The number of rotatable bonds is 8. The minimum atomic E-state index is -0.189. The summed E-state index contributed by atoms with van der Waals surface area (Å²) >= 11 is 0. The van der Waals surface area contributed by atoms with Gasteiger partial charge in [-0.05, 0) is 43.0 Å². The SMILES string of the molecule is COc1cc(CN2CCC[C@@H](n3cc(C(=O)NCC(C)C)nn3)C2)cc(OC)c1O. The van der Waals surface area contributed by atoms with Crippen molar-refractivity contribution in [2.75, 3.05) is 33.9 Å². The van der Waals surface area contributed by atoms with E-state index in [9.17, 15) is 9.90 Å². The summed E-state index contributed by atoms with van der Waals surface area (Å²) in [6.45, 7) is 7.16. The van der Waals surface area contributed by atoms with Gasteiger partial charge >= 0.3 is 0 Å². The second-order valence-electron chi connectivity index (χ2n) is 8.07. The van der Waals surface area contributed by atoms with Gasteiger partial charge in [0.2, 0.25) is 5.75 Å². The molecule has 0 radical (unpaired) electrons. The quantitative estimate of drug-likeness (QED) is 0.679. The number of piperidine rings is 1. The van der Waals surface area contributed by atoms with Crippen LogP contribution < -0.4 is 14.8 Å². The highest BCUT2D eigenvalue weighted by molar-refractivity contribution is 5.91. The average Bonchev–Trinajstić information content (AvgIpc) is 3.23. The van der Waals surface area contributed by atoms with Crippen molar-refractivity contribution >= 4 is 5.91 Å². The van der Waals surface area contributed by atoms with Gasteiger partial charge in [0.05, 0.1) is 26.5 Å². The number of amides is 1. The molecule has 1 amide bonds. The molecule has 2 aromatic rings. The molecule has 1 saturated heterocycles. The van der Waals surface area contributed by atoms with E-state index in [1.165, 1.54) is 14.2 Å². The fourth-order valence-electron chi connectivity index (χ4n) is 3.63. The van der Waals surface area contributed by atoms with Gasteiger partial charge in [0, 0.05) is 19.6 Å². The standard InChI is InChI=1S/C21H31N5O4/c1-14(2)10-22-21(28)17-13-26(24-23-17)16-6-5-7-25(12-16)11-15-8-18(29-3)20(27)19(9-15)30-4/h8-9,13-14,16,27H,5-7,10-12H2,1-4H3,(H,22,28)/t16-/m1/s1. The maximum absolute atomic E-state index is 12.2. The number of methoxy groups -OCH3 is 2. The summed E-state index contributed by atoms with van der Waals surface area (Å²) in [7, 11) is 3.05. The smallest absolute Gasteiger partial charge is 0.273 e. The van der Waals surface area contributed by atoms with E-state index in [-0.39, 0.29) is 17.7 Å². The summed E-state index contributed by atoms with van der Waals surface area (Å²) in [6, 6.07) is 3.81. The van der Waals surface area contributed by atoms with Gasteiger partial charge in [0.15, 0.2) is 17.2 Å². The molecule has 0 saturated carbocycles. The predicted molar refractivity (Wildman–Crippen MR) is 112 cm³/mol. The van der Waals surface area contributed by atoms with Gasteiger partial charge in [-0.3, -0.25) is 9.69 Å². The van der Waals surface area contributed by atoms with Gasteiger partial charge in [-0.2, -0.15) is 0 Å². The second-order valence-corrected chi connectivity index (χ2v) is 8.07. The lowest BCUT2D eigenvalue weighted by Crippen LogP contribution is -2.36. The number of phenolic OH excluding ortho intramolecular Hbond substituents is 1. The van der Waals surface area contributed by atoms with E-state index < -0.39 is 0 Å². The number of nitrogens with zero attached hydrogens (tertiary/aromatic N) is 4. The molecule has 1 aliphatic rings. The van der Waals surface area contributed by atoms with Crippen molar-refractivity contribution in [2.24, 2.45) is 5.92 Å². The monoisotopic (exact) mass is 417 g/mol.